The van der Waals surface area contributed by atoms with Crippen LogP contribution in [0.15, 0.2) is 60.7 Å². The molecule has 1 aliphatic rings. The molecule has 0 saturated carbocycles. The average Bonchev–Trinajstić information content (AvgIpc) is 3.15. The van der Waals surface area contributed by atoms with E-state index in [-0.39, 0.29) is 18.4 Å². The van der Waals surface area contributed by atoms with Gasteiger partial charge in [-0.2, -0.15) is 0 Å². The van der Waals surface area contributed by atoms with Crippen molar-refractivity contribution in [1.82, 2.24) is 4.90 Å². The fraction of sp³-hybridized carbons (Fsp3) is 0.385. The Morgan fingerprint density at radius 1 is 1.12 bits per heavy atom. The molecule has 6 nitrogen and oxygen atoms in total. The first kappa shape index (κ1) is 24.8. The predicted octanol–water partition coefficient (Wildman–Crippen LogP) is 5.75. The summed E-state index contributed by atoms with van der Waals surface area (Å²) < 4.78 is 5.84. The van der Waals surface area contributed by atoms with Gasteiger partial charge in [-0.05, 0) is 61.2 Å². The standard InChI is InChI=1S/C26H30ClNO5/c27-20-9-13-22(14-10-20)33-23-7-5-6-19(18-23)24(29)15-11-21-12-16-25(30)28(21)17-4-2-1-3-8-26(31)32/h5-7,9-11,13-15,18,21,24,29H,1-4,8,12,16-17H2,(H,31,32). The lowest BCUT2D eigenvalue weighted by atomic mass is 10.1. The number of carboxylic acid groups (broad SMARTS) is 1. The predicted molar refractivity (Wildman–Crippen MR) is 128 cm³/mol. The molecule has 1 saturated heterocycles. The van der Waals surface area contributed by atoms with Gasteiger partial charge in [0.1, 0.15) is 11.5 Å². The fourth-order valence-electron chi connectivity index (χ4n) is 3.90. The summed E-state index contributed by atoms with van der Waals surface area (Å²) in [5.74, 6) is 0.631. The molecule has 2 aromatic carbocycles. The molecule has 33 heavy (non-hydrogen) atoms. The summed E-state index contributed by atoms with van der Waals surface area (Å²) in [6, 6.07) is 14.3. The van der Waals surface area contributed by atoms with Crippen LogP contribution in [0.2, 0.25) is 5.02 Å². The van der Waals surface area contributed by atoms with Gasteiger partial charge in [0, 0.05) is 24.4 Å². The summed E-state index contributed by atoms with van der Waals surface area (Å²) >= 11 is 5.91. The third-order valence-corrected chi connectivity index (χ3v) is 5.93. The van der Waals surface area contributed by atoms with Crippen molar-refractivity contribution in [1.29, 1.82) is 0 Å². The molecule has 0 spiro atoms. The Bertz CT molecular complexity index is 959. The summed E-state index contributed by atoms with van der Waals surface area (Å²) in [5.41, 5.74) is 0.701. The molecule has 1 heterocycles. The highest BCUT2D eigenvalue weighted by Gasteiger charge is 2.28. The van der Waals surface area contributed by atoms with Gasteiger partial charge in [0.05, 0.1) is 12.1 Å². The molecule has 176 valence electrons. The lowest BCUT2D eigenvalue weighted by Gasteiger charge is -2.22. The SMILES string of the molecule is O=C(O)CCCCCCN1C(=O)CCC1C=CC(O)c1cccc(Oc2ccc(Cl)cc2)c1. The second kappa shape index (κ2) is 12.4. The van der Waals surface area contributed by atoms with Crippen LogP contribution in [-0.4, -0.2) is 39.6 Å². The van der Waals surface area contributed by atoms with Crippen molar-refractivity contribution in [2.75, 3.05) is 6.54 Å². The van der Waals surface area contributed by atoms with E-state index >= 15 is 0 Å². The van der Waals surface area contributed by atoms with Crippen molar-refractivity contribution in [2.24, 2.45) is 0 Å². The highest BCUT2D eigenvalue weighted by atomic mass is 35.5. The normalized spacial score (nSPS) is 17.0. The number of halogens is 1. The van der Waals surface area contributed by atoms with Crippen LogP contribution >= 0.6 is 11.6 Å². The molecule has 0 aromatic heterocycles. The summed E-state index contributed by atoms with van der Waals surface area (Å²) in [6.07, 6.45) is 7.53. The van der Waals surface area contributed by atoms with Crippen LogP contribution < -0.4 is 4.74 Å². The number of aliphatic hydroxyl groups is 1. The number of hydrogen-bond donors (Lipinski definition) is 2. The van der Waals surface area contributed by atoms with Crippen LogP contribution in [-0.2, 0) is 9.59 Å². The zero-order valence-electron chi connectivity index (χ0n) is 18.5. The molecule has 1 amide bonds. The molecular weight excluding hydrogens is 442 g/mol. The molecule has 1 fully saturated rings. The van der Waals surface area contributed by atoms with Crippen molar-refractivity contribution in [3.8, 4) is 11.5 Å². The van der Waals surface area contributed by atoms with Gasteiger partial charge >= 0.3 is 5.97 Å². The first-order valence-electron chi connectivity index (χ1n) is 11.3. The first-order chi connectivity index (χ1) is 15.9. The van der Waals surface area contributed by atoms with Gasteiger partial charge in [-0.3, -0.25) is 9.59 Å². The number of hydrogen-bond acceptors (Lipinski definition) is 4. The summed E-state index contributed by atoms with van der Waals surface area (Å²) in [6.45, 7) is 0.654. The van der Waals surface area contributed by atoms with E-state index in [4.69, 9.17) is 21.4 Å². The van der Waals surface area contributed by atoms with Gasteiger partial charge in [-0.15, -0.1) is 0 Å². The minimum atomic E-state index is -0.813. The van der Waals surface area contributed by atoms with Gasteiger partial charge in [-0.1, -0.05) is 48.7 Å². The summed E-state index contributed by atoms with van der Waals surface area (Å²) in [5, 5.41) is 20.0. The van der Waals surface area contributed by atoms with Crippen molar-refractivity contribution in [3.63, 3.8) is 0 Å². The van der Waals surface area contributed by atoms with Crippen LogP contribution in [0.3, 0.4) is 0 Å². The van der Waals surface area contributed by atoms with Gasteiger partial charge in [0.2, 0.25) is 5.91 Å². The maximum absolute atomic E-state index is 12.3. The molecule has 0 aliphatic carbocycles. The zero-order chi connectivity index (χ0) is 23.6. The van der Waals surface area contributed by atoms with E-state index in [1.165, 1.54) is 0 Å². The van der Waals surface area contributed by atoms with Gasteiger partial charge < -0.3 is 19.8 Å². The van der Waals surface area contributed by atoms with E-state index < -0.39 is 12.1 Å². The molecule has 2 aromatic rings. The van der Waals surface area contributed by atoms with Crippen molar-refractivity contribution in [2.45, 2.75) is 57.1 Å². The Morgan fingerprint density at radius 3 is 2.64 bits per heavy atom. The zero-order valence-corrected chi connectivity index (χ0v) is 19.3. The molecule has 0 radical (unpaired) electrons. The highest BCUT2D eigenvalue weighted by Crippen LogP contribution is 2.27. The number of ether oxygens (including phenoxy) is 1. The minimum Gasteiger partial charge on any atom is -0.481 e. The van der Waals surface area contributed by atoms with Gasteiger partial charge in [0.25, 0.3) is 0 Å². The van der Waals surface area contributed by atoms with E-state index in [9.17, 15) is 14.7 Å². The second-order valence-electron chi connectivity index (χ2n) is 8.21. The Kier molecular flexibility index (Phi) is 9.34. The number of rotatable bonds is 12. The van der Waals surface area contributed by atoms with Crippen LogP contribution in [0.1, 0.15) is 56.6 Å². The van der Waals surface area contributed by atoms with E-state index in [0.717, 1.165) is 25.7 Å². The Morgan fingerprint density at radius 2 is 1.88 bits per heavy atom. The second-order valence-corrected chi connectivity index (χ2v) is 8.65. The highest BCUT2D eigenvalue weighted by molar-refractivity contribution is 6.30. The number of carbonyl (C=O) groups is 2. The number of carbonyl (C=O) groups excluding carboxylic acids is 1. The monoisotopic (exact) mass is 471 g/mol. The van der Waals surface area contributed by atoms with Crippen molar-refractivity contribution >= 4 is 23.5 Å². The third-order valence-electron chi connectivity index (χ3n) is 5.68. The molecule has 7 heteroatoms. The summed E-state index contributed by atoms with van der Waals surface area (Å²) in [7, 11) is 0. The molecule has 1 aliphatic heterocycles. The molecule has 3 rings (SSSR count). The Labute approximate surface area is 199 Å². The number of likely N-dealkylation sites (tertiary alicyclic amines) is 1. The smallest absolute Gasteiger partial charge is 0.303 e. The third kappa shape index (κ3) is 7.91. The molecule has 0 bridgehead atoms. The molecule has 2 atom stereocenters. The quantitative estimate of drug-likeness (QED) is 0.304. The number of unbranched alkanes of at least 4 members (excludes halogenated alkanes) is 3. The minimum absolute atomic E-state index is 0.0281. The Balaban J connectivity index is 1.53. The number of aliphatic carboxylic acids is 1. The number of amides is 1. The number of carboxylic acids is 1. The summed E-state index contributed by atoms with van der Waals surface area (Å²) in [4.78, 5) is 24.7. The molecule has 2 unspecified atom stereocenters. The molecular formula is C26H30ClNO5. The fourth-order valence-corrected chi connectivity index (χ4v) is 4.03. The van der Waals surface area contributed by atoms with Crippen molar-refractivity contribution < 1.29 is 24.5 Å². The number of nitrogens with zero attached hydrogens (tertiary/aromatic N) is 1. The van der Waals surface area contributed by atoms with E-state index in [1.54, 1.807) is 36.4 Å². The van der Waals surface area contributed by atoms with Crippen LogP contribution in [0, 0.1) is 0 Å². The van der Waals surface area contributed by atoms with Crippen LogP contribution in [0.4, 0.5) is 0 Å². The lowest BCUT2D eigenvalue weighted by Crippen LogP contribution is -2.32. The van der Waals surface area contributed by atoms with E-state index in [0.29, 0.717) is 41.5 Å². The van der Waals surface area contributed by atoms with Gasteiger partial charge in [-0.25, -0.2) is 0 Å². The topological polar surface area (TPSA) is 87.1 Å². The molecule has 2 N–H and O–H groups in total. The first-order valence-corrected chi connectivity index (χ1v) is 11.7. The van der Waals surface area contributed by atoms with Crippen LogP contribution in [0.25, 0.3) is 0 Å². The maximum Gasteiger partial charge on any atom is 0.303 e. The Hall–Kier alpha value is -2.83. The van der Waals surface area contributed by atoms with E-state index in [2.05, 4.69) is 0 Å². The van der Waals surface area contributed by atoms with Crippen LogP contribution in [0.5, 0.6) is 11.5 Å². The largest absolute Gasteiger partial charge is 0.481 e. The van der Waals surface area contributed by atoms with E-state index in [1.807, 2.05) is 29.2 Å². The van der Waals surface area contributed by atoms with Crippen molar-refractivity contribution in [3.05, 3.63) is 71.3 Å². The number of aliphatic hydroxyl groups excluding tert-OH is 1. The lowest BCUT2D eigenvalue weighted by molar-refractivity contribution is -0.137. The maximum atomic E-state index is 12.3. The number of benzene rings is 2. The average molecular weight is 472 g/mol. The van der Waals surface area contributed by atoms with Gasteiger partial charge in [0.15, 0.2) is 0 Å².